The van der Waals surface area contributed by atoms with Crippen LogP contribution >= 0.6 is 0 Å². The van der Waals surface area contributed by atoms with E-state index in [0.29, 0.717) is 24.7 Å². The van der Waals surface area contributed by atoms with Gasteiger partial charge in [0.1, 0.15) is 5.60 Å². The Labute approximate surface area is 99.3 Å². The summed E-state index contributed by atoms with van der Waals surface area (Å²) in [6.45, 7) is 0.581. The summed E-state index contributed by atoms with van der Waals surface area (Å²) in [7, 11) is 1.69. The highest BCUT2D eigenvalue weighted by molar-refractivity contribution is 5.08. The monoisotopic (exact) mass is 239 g/mol. The molecule has 0 aromatic carbocycles. The lowest BCUT2D eigenvalue weighted by atomic mass is 9.79. The minimum absolute atomic E-state index is 0.0276. The lowest BCUT2D eigenvalue weighted by Gasteiger charge is -2.37. The Morgan fingerprint density at radius 3 is 2.88 bits per heavy atom. The fourth-order valence-electron chi connectivity index (χ4n) is 2.48. The number of aliphatic hydroxyl groups excluding tert-OH is 1. The van der Waals surface area contributed by atoms with Crippen molar-refractivity contribution in [2.45, 2.75) is 43.4 Å². The van der Waals surface area contributed by atoms with E-state index in [2.05, 4.69) is 15.5 Å². The van der Waals surface area contributed by atoms with Crippen molar-refractivity contribution in [2.75, 3.05) is 13.7 Å². The van der Waals surface area contributed by atoms with Crippen LogP contribution in [0.15, 0.2) is 4.52 Å². The molecular weight excluding hydrogens is 222 g/mol. The topological polar surface area (TPSA) is 80.4 Å². The fraction of sp³-hybridized carbons (Fsp3) is 0.818. The van der Waals surface area contributed by atoms with E-state index in [9.17, 15) is 5.11 Å². The number of nitrogens with zero attached hydrogens (tertiary/aromatic N) is 2. The molecule has 2 atom stereocenters. The Balaban J connectivity index is 1.78. The fourth-order valence-corrected chi connectivity index (χ4v) is 2.48. The summed E-state index contributed by atoms with van der Waals surface area (Å²) in [5.41, 5.74) is -0.334. The number of ether oxygens (including phenoxy) is 1. The summed E-state index contributed by atoms with van der Waals surface area (Å²) in [6.07, 6.45) is 3.34. The van der Waals surface area contributed by atoms with Gasteiger partial charge in [-0.1, -0.05) is 5.16 Å². The first kappa shape index (κ1) is 11.1. The third kappa shape index (κ3) is 1.76. The van der Waals surface area contributed by atoms with Crippen LogP contribution < -0.4 is 5.32 Å². The lowest BCUT2D eigenvalue weighted by Crippen LogP contribution is -2.37. The second kappa shape index (κ2) is 4.04. The van der Waals surface area contributed by atoms with Crippen molar-refractivity contribution >= 4 is 0 Å². The van der Waals surface area contributed by atoms with Crippen molar-refractivity contribution in [3.63, 3.8) is 0 Å². The molecule has 2 N–H and O–H groups in total. The molecule has 1 aromatic heterocycles. The molecule has 17 heavy (non-hydrogen) atoms. The van der Waals surface area contributed by atoms with E-state index in [1.165, 1.54) is 0 Å². The van der Waals surface area contributed by atoms with Crippen molar-refractivity contribution < 1.29 is 14.4 Å². The first-order chi connectivity index (χ1) is 8.23. The minimum atomic E-state index is -0.334. The van der Waals surface area contributed by atoms with Crippen molar-refractivity contribution in [2.24, 2.45) is 0 Å². The van der Waals surface area contributed by atoms with Crippen LogP contribution in [0.5, 0.6) is 0 Å². The van der Waals surface area contributed by atoms with Crippen LogP contribution in [0.25, 0.3) is 0 Å². The molecule has 1 saturated heterocycles. The summed E-state index contributed by atoms with van der Waals surface area (Å²) in [4.78, 5) is 4.42. The highest BCUT2D eigenvalue weighted by atomic mass is 16.5. The Hall–Kier alpha value is -0.980. The van der Waals surface area contributed by atoms with Crippen LogP contribution in [-0.4, -0.2) is 35.0 Å². The first-order valence-electron chi connectivity index (χ1n) is 6.04. The van der Waals surface area contributed by atoms with Gasteiger partial charge in [0.2, 0.25) is 11.7 Å². The molecular formula is C11H17N3O3. The average Bonchev–Trinajstić information content (AvgIpc) is 2.86. The number of methoxy groups -OCH3 is 1. The average molecular weight is 239 g/mol. The standard InChI is InChI=1S/C11H17N3O3/c1-16-11(3-2-4-11)10-13-9(17-14-10)8-5-7(15)6-12-8/h7-8,12,15H,2-6H2,1H3/t7?,8-/m0/s1. The van der Waals surface area contributed by atoms with Gasteiger partial charge < -0.3 is 19.7 Å². The summed E-state index contributed by atoms with van der Waals surface area (Å²) >= 11 is 0. The van der Waals surface area contributed by atoms with Gasteiger partial charge in [-0.3, -0.25) is 0 Å². The largest absolute Gasteiger partial charge is 0.392 e. The molecule has 0 bridgehead atoms. The van der Waals surface area contributed by atoms with E-state index in [4.69, 9.17) is 9.26 Å². The van der Waals surface area contributed by atoms with Crippen molar-refractivity contribution in [1.29, 1.82) is 0 Å². The highest BCUT2D eigenvalue weighted by Gasteiger charge is 2.44. The van der Waals surface area contributed by atoms with Crippen LogP contribution in [0.3, 0.4) is 0 Å². The second-order valence-electron chi connectivity index (χ2n) is 4.86. The van der Waals surface area contributed by atoms with E-state index in [1.54, 1.807) is 7.11 Å². The van der Waals surface area contributed by atoms with Crippen molar-refractivity contribution in [1.82, 2.24) is 15.5 Å². The Kier molecular flexibility index (Phi) is 2.65. The number of rotatable bonds is 3. The van der Waals surface area contributed by atoms with E-state index < -0.39 is 0 Å². The van der Waals surface area contributed by atoms with E-state index in [-0.39, 0.29) is 17.7 Å². The van der Waals surface area contributed by atoms with E-state index in [0.717, 1.165) is 19.3 Å². The summed E-state index contributed by atoms with van der Waals surface area (Å²) in [5, 5.41) is 16.6. The molecule has 3 rings (SSSR count). The van der Waals surface area contributed by atoms with Crippen LogP contribution in [0.1, 0.15) is 43.4 Å². The molecule has 2 fully saturated rings. The van der Waals surface area contributed by atoms with Gasteiger partial charge in [0.05, 0.1) is 12.1 Å². The van der Waals surface area contributed by atoms with E-state index in [1.807, 2.05) is 0 Å². The number of aliphatic hydroxyl groups is 1. The van der Waals surface area contributed by atoms with Crippen LogP contribution in [0.4, 0.5) is 0 Å². The molecule has 2 aliphatic rings. The predicted molar refractivity (Wildman–Crippen MR) is 58.2 cm³/mol. The molecule has 0 radical (unpaired) electrons. The molecule has 94 valence electrons. The minimum Gasteiger partial charge on any atom is -0.392 e. The maximum Gasteiger partial charge on any atom is 0.243 e. The zero-order valence-corrected chi connectivity index (χ0v) is 9.85. The smallest absolute Gasteiger partial charge is 0.243 e. The molecule has 1 aromatic rings. The highest BCUT2D eigenvalue weighted by Crippen LogP contribution is 2.43. The van der Waals surface area contributed by atoms with Gasteiger partial charge in [-0.25, -0.2) is 0 Å². The molecule has 1 saturated carbocycles. The number of hydrogen-bond acceptors (Lipinski definition) is 6. The Bertz CT molecular complexity index is 397. The third-order valence-corrected chi connectivity index (χ3v) is 3.81. The number of aromatic nitrogens is 2. The predicted octanol–water partition coefficient (Wildman–Crippen LogP) is 0.490. The Morgan fingerprint density at radius 2 is 2.35 bits per heavy atom. The van der Waals surface area contributed by atoms with Gasteiger partial charge in [-0.05, 0) is 25.7 Å². The summed E-state index contributed by atoms with van der Waals surface area (Å²) < 4.78 is 10.8. The van der Waals surface area contributed by atoms with Gasteiger partial charge in [-0.15, -0.1) is 0 Å². The number of nitrogens with one attached hydrogen (secondary N) is 1. The molecule has 6 nitrogen and oxygen atoms in total. The zero-order chi connectivity index (χ0) is 11.9. The van der Waals surface area contributed by atoms with Gasteiger partial charge in [0, 0.05) is 13.7 Å². The lowest BCUT2D eigenvalue weighted by molar-refractivity contribution is -0.0858. The maximum atomic E-state index is 9.45. The molecule has 1 aliphatic heterocycles. The second-order valence-corrected chi connectivity index (χ2v) is 4.86. The van der Waals surface area contributed by atoms with Gasteiger partial charge in [-0.2, -0.15) is 4.98 Å². The molecule has 1 aliphatic carbocycles. The number of hydrogen-bond donors (Lipinski definition) is 2. The summed E-state index contributed by atoms with van der Waals surface area (Å²) in [5.74, 6) is 1.20. The van der Waals surface area contributed by atoms with Crippen LogP contribution in [0, 0.1) is 0 Å². The molecule has 0 amide bonds. The Morgan fingerprint density at radius 1 is 1.53 bits per heavy atom. The summed E-state index contributed by atoms with van der Waals surface area (Å²) in [6, 6.07) is -0.0276. The third-order valence-electron chi connectivity index (χ3n) is 3.81. The number of β-amino-alcohol motifs (C(OH)–C–C–N with tert-alkyl or cyclic N) is 1. The molecule has 6 heteroatoms. The SMILES string of the molecule is COC1(c2noc([C@@H]3CC(O)CN3)n2)CCC1. The first-order valence-corrected chi connectivity index (χ1v) is 6.04. The normalized spacial score (nSPS) is 31.4. The van der Waals surface area contributed by atoms with Gasteiger partial charge in [0.15, 0.2) is 0 Å². The van der Waals surface area contributed by atoms with Gasteiger partial charge >= 0.3 is 0 Å². The molecule has 2 heterocycles. The van der Waals surface area contributed by atoms with Crippen LogP contribution in [0.2, 0.25) is 0 Å². The molecule has 1 unspecified atom stereocenters. The maximum absolute atomic E-state index is 9.45. The molecule has 0 spiro atoms. The zero-order valence-electron chi connectivity index (χ0n) is 9.85. The van der Waals surface area contributed by atoms with Crippen molar-refractivity contribution in [3.8, 4) is 0 Å². The van der Waals surface area contributed by atoms with Crippen LogP contribution in [-0.2, 0) is 10.3 Å². The van der Waals surface area contributed by atoms with Gasteiger partial charge in [0.25, 0.3) is 0 Å². The quantitative estimate of drug-likeness (QED) is 0.799. The van der Waals surface area contributed by atoms with Crippen molar-refractivity contribution in [3.05, 3.63) is 11.7 Å². The van der Waals surface area contributed by atoms with E-state index >= 15 is 0 Å².